The molecule has 6 nitrogen and oxygen atoms in total. The lowest BCUT2D eigenvalue weighted by atomic mass is 10.1. The molecule has 0 aliphatic heterocycles. The highest BCUT2D eigenvalue weighted by Gasteiger charge is 2.19. The van der Waals surface area contributed by atoms with E-state index in [2.05, 4.69) is 118 Å². The van der Waals surface area contributed by atoms with Crippen LogP contribution in [0.1, 0.15) is 239 Å². The molecule has 0 saturated heterocycles. The van der Waals surface area contributed by atoms with Crippen molar-refractivity contribution in [3.8, 4) is 0 Å². The molecule has 0 saturated carbocycles. The molecule has 0 heterocycles. The van der Waals surface area contributed by atoms with E-state index in [9.17, 15) is 14.4 Å². The van der Waals surface area contributed by atoms with Gasteiger partial charge in [-0.25, -0.2) is 0 Å². The minimum atomic E-state index is -0.809. The number of rotatable bonds is 47. The summed E-state index contributed by atoms with van der Waals surface area (Å²) in [7, 11) is 0. The van der Waals surface area contributed by atoms with Crippen LogP contribution < -0.4 is 0 Å². The van der Waals surface area contributed by atoms with Gasteiger partial charge in [0.25, 0.3) is 0 Å². The first-order chi connectivity index (χ1) is 32.0. The van der Waals surface area contributed by atoms with E-state index in [1.165, 1.54) is 77.0 Å². The molecule has 0 fully saturated rings. The van der Waals surface area contributed by atoms with Crippen LogP contribution in [0.25, 0.3) is 0 Å². The maximum atomic E-state index is 12.8. The summed E-state index contributed by atoms with van der Waals surface area (Å²) in [5, 5.41) is 0. The van der Waals surface area contributed by atoms with Gasteiger partial charge >= 0.3 is 17.9 Å². The molecule has 6 heteroatoms. The molecular formula is C59H98O6. The van der Waals surface area contributed by atoms with Gasteiger partial charge in [0, 0.05) is 19.3 Å². The Morgan fingerprint density at radius 1 is 0.323 bits per heavy atom. The smallest absolute Gasteiger partial charge is 0.306 e. The molecule has 0 unspecified atom stereocenters. The average molecular weight is 903 g/mol. The Balaban J connectivity index is 4.51. The number of hydrogen-bond donors (Lipinski definition) is 0. The first-order valence-corrected chi connectivity index (χ1v) is 26.7. The van der Waals surface area contributed by atoms with Crippen LogP contribution >= 0.6 is 0 Å². The van der Waals surface area contributed by atoms with E-state index >= 15 is 0 Å². The molecule has 65 heavy (non-hydrogen) atoms. The molecule has 0 aromatic heterocycles. The topological polar surface area (TPSA) is 78.9 Å². The lowest BCUT2D eigenvalue weighted by Crippen LogP contribution is -2.30. The van der Waals surface area contributed by atoms with Crippen molar-refractivity contribution in [2.24, 2.45) is 0 Å². The Bertz CT molecular complexity index is 1310. The minimum absolute atomic E-state index is 0.107. The van der Waals surface area contributed by atoms with Gasteiger partial charge in [-0.15, -0.1) is 0 Å². The highest BCUT2D eigenvalue weighted by atomic mass is 16.6. The maximum absolute atomic E-state index is 12.8. The lowest BCUT2D eigenvalue weighted by Gasteiger charge is -2.18. The van der Waals surface area contributed by atoms with E-state index in [-0.39, 0.29) is 31.1 Å². The van der Waals surface area contributed by atoms with E-state index in [4.69, 9.17) is 14.2 Å². The van der Waals surface area contributed by atoms with Gasteiger partial charge in [0.1, 0.15) is 13.2 Å². The molecule has 0 N–H and O–H groups in total. The maximum Gasteiger partial charge on any atom is 0.306 e. The van der Waals surface area contributed by atoms with Crippen LogP contribution in [0.5, 0.6) is 0 Å². The molecule has 0 radical (unpaired) electrons. The van der Waals surface area contributed by atoms with Gasteiger partial charge in [0.15, 0.2) is 6.10 Å². The molecule has 0 aromatic rings. The van der Waals surface area contributed by atoms with Crippen molar-refractivity contribution < 1.29 is 28.6 Å². The second kappa shape index (κ2) is 52.9. The van der Waals surface area contributed by atoms with Gasteiger partial charge < -0.3 is 14.2 Å². The van der Waals surface area contributed by atoms with Crippen LogP contribution in [0.3, 0.4) is 0 Å². The van der Waals surface area contributed by atoms with Crippen LogP contribution in [0.15, 0.2) is 97.2 Å². The van der Waals surface area contributed by atoms with Crippen molar-refractivity contribution in [3.05, 3.63) is 97.2 Å². The number of unbranched alkanes of at least 4 members (excludes halogenated alkanes) is 20. The van der Waals surface area contributed by atoms with E-state index in [0.717, 1.165) is 122 Å². The molecule has 0 amide bonds. The normalized spacial score (nSPS) is 12.8. The van der Waals surface area contributed by atoms with Gasteiger partial charge in [0.2, 0.25) is 0 Å². The molecule has 0 rings (SSSR count). The quantitative estimate of drug-likeness (QED) is 0.0262. The summed E-state index contributed by atoms with van der Waals surface area (Å²) < 4.78 is 16.8. The number of carbonyl (C=O) groups is 3. The highest BCUT2D eigenvalue weighted by molar-refractivity contribution is 5.71. The lowest BCUT2D eigenvalue weighted by molar-refractivity contribution is -0.167. The zero-order valence-corrected chi connectivity index (χ0v) is 42.2. The summed E-state index contributed by atoms with van der Waals surface area (Å²) in [4.78, 5) is 38.0. The SMILES string of the molecule is CC/C=C\C/C=C\C/C=C\C/C=C\CCCCC(=O)OC[C@H](COC(=O)CCCCCC/C=C\C/C=C\C/C=C\CCCCC)OC(=O)CCCCCCC/C=C\CCCCCCCC. The Morgan fingerprint density at radius 3 is 1.02 bits per heavy atom. The molecule has 0 aliphatic carbocycles. The predicted octanol–water partition coefficient (Wildman–Crippen LogP) is 17.8. The van der Waals surface area contributed by atoms with Gasteiger partial charge in [-0.2, -0.15) is 0 Å². The third-order valence-corrected chi connectivity index (χ3v) is 11.0. The minimum Gasteiger partial charge on any atom is -0.462 e. The van der Waals surface area contributed by atoms with E-state index in [1.54, 1.807) is 0 Å². The number of carbonyl (C=O) groups excluding carboxylic acids is 3. The van der Waals surface area contributed by atoms with Gasteiger partial charge in [-0.05, 0) is 122 Å². The van der Waals surface area contributed by atoms with Crippen molar-refractivity contribution in [1.29, 1.82) is 0 Å². The number of esters is 3. The zero-order valence-electron chi connectivity index (χ0n) is 42.2. The Hall–Kier alpha value is -3.67. The van der Waals surface area contributed by atoms with Crippen molar-refractivity contribution in [3.63, 3.8) is 0 Å². The van der Waals surface area contributed by atoms with Gasteiger partial charge in [0.05, 0.1) is 0 Å². The van der Waals surface area contributed by atoms with E-state index in [1.807, 2.05) is 0 Å². The Labute approximate surface area is 400 Å². The van der Waals surface area contributed by atoms with Crippen molar-refractivity contribution in [2.75, 3.05) is 13.2 Å². The van der Waals surface area contributed by atoms with Crippen LogP contribution in [-0.2, 0) is 28.6 Å². The van der Waals surface area contributed by atoms with Crippen molar-refractivity contribution in [1.82, 2.24) is 0 Å². The third kappa shape index (κ3) is 51.2. The number of ether oxygens (including phenoxy) is 3. The molecule has 0 spiro atoms. The molecule has 0 aliphatic rings. The van der Waals surface area contributed by atoms with Gasteiger partial charge in [-0.1, -0.05) is 195 Å². The zero-order chi connectivity index (χ0) is 47.2. The molecular weight excluding hydrogens is 805 g/mol. The summed E-state index contributed by atoms with van der Waals surface area (Å²) in [6.45, 7) is 6.42. The summed E-state index contributed by atoms with van der Waals surface area (Å²) in [6.07, 6.45) is 69.6. The fourth-order valence-electron chi connectivity index (χ4n) is 7.02. The first-order valence-electron chi connectivity index (χ1n) is 26.7. The van der Waals surface area contributed by atoms with E-state index in [0.29, 0.717) is 19.3 Å². The second-order valence-electron chi connectivity index (χ2n) is 17.4. The van der Waals surface area contributed by atoms with E-state index < -0.39 is 6.10 Å². The van der Waals surface area contributed by atoms with Crippen LogP contribution in [0, 0.1) is 0 Å². The second-order valence-corrected chi connectivity index (χ2v) is 17.4. The summed E-state index contributed by atoms with van der Waals surface area (Å²) in [6, 6.07) is 0. The number of allylic oxidation sites excluding steroid dienone is 16. The Kier molecular flexibility index (Phi) is 50.0. The summed E-state index contributed by atoms with van der Waals surface area (Å²) in [5.74, 6) is -0.979. The van der Waals surface area contributed by atoms with Crippen LogP contribution in [0.2, 0.25) is 0 Å². The monoisotopic (exact) mass is 903 g/mol. The fourth-order valence-corrected chi connectivity index (χ4v) is 7.02. The predicted molar refractivity (Wildman–Crippen MR) is 279 cm³/mol. The average Bonchev–Trinajstić information content (AvgIpc) is 3.30. The molecule has 1 atom stereocenters. The molecule has 0 aromatic carbocycles. The molecule has 0 bridgehead atoms. The third-order valence-electron chi connectivity index (χ3n) is 11.0. The Morgan fingerprint density at radius 2 is 0.600 bits per heavy atom. The molecule has 370 valence electrons. The van der Waals surface area contributed by atoms with Crippen molar-refractivity contribution >= 4 is 17.9 Å². The standard InChI is InChI=1S/C59H98O6/c1-4-7-10-13-16-19-22-25-28-29-32-34-37-40-43-46-49-52-58(61)64-55-56(65-59(62)53-50-47-44-41-38-35-31-27-24-21-18-15-12-9-6-3)54-63-57(60)51-48-45-42-39-36-33-30-26-23-20-17-14-11-8-5-2/h8,11,16-17,19-20,25-28,30-32,34,36,39,56H,4-7,9-10,12-15,18,21-24,29,33,35,37-38,40-55H2,1-3H3/b11-8-,19-16-,20-17-,28-25-,30-26-,31-27-,34-32-,39-36-/t56-/m1/s1. The van der Waals surface area contributed by atoms with Crippen molar-refractivity contribution in [2.45, 2.75) is 245 Å². The van der Waals surface area contributed by atoms with Crippen LogP contribution in [0.4, 0.5) is 0 Å². The summed E-state index contributed by atoms with van der Waals surface area (Å²) >= 11 is 0. The largest absolute Gasteiger partial charge is 0.462 e. The highest BCUT2D eigenvalue weighted by Crippen LogP contribution is 2.13. The van der Waals surface area contributed by atoms with Gasteiger partial charge in [-0.3, -0.25) is 14.4 Å². The summed E-state index contributed by atoms with van der Waals surface area (Å²) in [5.41, 5.74) is 0. The van der Waals surface area contributed by atoms with Crippen LogP contribution in [-0.4, -0.2) is 37.2 Å². The fraction of sp³-hybridized carbons (Fsp3) is 0.678. The number of hydrogen-bond acceptors (Lipinski definition) is 6. The first kappa shape index (κ1) is 61.3.